The minimum absolute atomic E-state index is 0.00346. The largest absolute Gasteiger partial charge is 0.393 e. The first-order chi connectivity index (χ1) is 9.02. The lowest BCUT2D eigenvalue weighted by atomic mass is 9.76. The SMILES string of the molecule is NC(=S)CCCCN1C(=O)CC2(CCCC2)CC1=O. The van der Waals surface area contributed by atoms with Crippen LogP contribution >= 0.6 is 12.2 Å². The van der Waals surface area contributed by atoms with Gasteiger partial charge in [-0.2, -0.15) is 0 Å². The number of thiocarbonyl (C=S) groups is 1. The third-order valence-corrected chi connectivity index (χ3v) is 4.58. The van der Waals surface area contributed by atoms with E-state index in [2.05, 4.69) is 0 Å². The van der Waals surface area contributed by atoms with Gasteiger partial charge in [-0.15, -0.1) is 0 Å². The minimum Gasteiger partial charge on any atom is -0.393 e. The number of unbranched alkanes of at least 4 members (excludes halogenated alkanes) is 1. The van der Waals surface area contributed by atoms with Crippen LogP contribution in [0.25, 0.3) is 0 Å². The number of piperidine rings is 1. The summed E-state index contributed by atoms with van der Waals surface area (Å²) in [6.07, 6.45) is 7.86. The number of hydrogen-bond acceptors (Lipinski definition) is 3. The number of carbonyl (C=O) groups is 2. The average molecular weight is 282 g/mol. The summed E-state index contributed by atoms with van der Waals surface area (Å²) in [7, 11) is 0. The van der Waals surface area contributed by atoms with E-state index in [1.807, 2.05) is 0 Å². The molecule has 0 aromatic heterocycles. The number of amides is 2. The maximum absolute atomic E-state index is 12.1. The van der Waals surface area contributed by atoms with Crippen LogP contribution in [-0.2, 0) is 9.59 Å². The average Bonchev–Trinajstić information content (AvgIpc) is 2.74. The Balaban J connectivity index is 1.84. The van der Waals surface area contributed by atoms with Crippen LogP contribution in [-0.4, -0.2) is 28.2 Å². The zero-order valence-electron chi connectivity index (χ0n) is 11.3. The Labute approximate surface area is 119 Å². The number of likely N-dealkylation sites (tertiary alicyclic amines) is 1. The Morgan fingerprint density at radius 3 is 2.26 bits per heavy atom. The maximum Gasteiger partial charge on any atom is 0.229 e. The van der Waals surface area contributed by atoms with E-state index in [4.69, 9.17) is 18.0 Å². The molecule has 0 unspecified atom stereocenters. The molecule has 1 saturated carbocycles. The second kappa shape index (κ2) is 5.99. The van der Waals surface area contributed by atoms with Crippen LogP contribution < -0.4 is 5.73 Å². The second-order valence-electron chi connectivity index (χ2n) is 5.92. The van der Waals surface area contributed by atoms with Crippen molar-refractivity contribution >= 4 is 29.0 Å². The van der Waals surface area contributed by atoms with E-state index in [9.17, 15) is 9.59 Å². The van der Waals surface area contributed by atoms with Crippen LogP contribution in [0.5, 0.6) is 0 Å². The van der Waals surface area contributed by atoms with Gasteiger partial charge < -0.3 is 5.73 Å². The highest BCUT2D eigenvalue weighted by Gasteiger charge is 2.44. The fourth-order valence-electron chi connectivity index (χ4n) is 3.33. The van der Waals surface area contributed by atoms with Crippen molar-refractivity contribution < 1.29 is 9.59 Å². The molecule has 0 bridgehead atoms. The number of rotatable bonds is 5. The first-order valence-electron chi connectivity index (χ1n) is 7.14. The van der Waals surface area contributed by atoms with Crippen LogP contribution in [0.15, 0.2) is 0 Å². The quantitative estimate of drug-likeness (QED) is 0.477. The van der Waals surface area contributed by atoms with Crippen molar-refractivity contribution in [2.24, 2.45) is 11.1 Å². The standard InChI is InChI=1S/C14H22N2O2S/c15-11(19)5-1-4-8-16-12(17)9-14(10-13(16)18)6-2-3-7-14/h1-10H2,(H2,15,19). The fourth-order valence-corrected chi connectivity index (χ4v) is 3.48. The molecule has 0 atom stereocenters. The molecule has 19 heavy (non-hydrogen) atoms. The summed E-state index contributed by atoms with van der Waals surface area (Å²) in [5, 5.41) is 0. The number of nitrogens with two attached hydrogens (primary N) is 1. The molecule has 2 fully saturated rings. The highest BCUT2D eigenvalue weighted by Crippen LogP contribution is 2.46. The summed E-state index contributed by atoms with van der Waals surface area (Å²) in [4.78, 5) is 26.2. The number of nitrogens with zero attached hydrogens (tertiary/aromatic N) is 1. The zero-order valence-corrected chi connectivity index (χ0v) is 12.1. The lowest BCUT2D eigenvalue weighted by Gasteiger charge is -2.37. The van der Waals surface area contributed by atoms with Gasteiger partial charge in [-0.05, 0) is 37.5 Å². The van der Waals surface area contributed by atoms with E-state index in [1.54, 1.807) is 0 Å². The van der Waals surface area contributed by atoms with E-state index in [0.717, 1.165) is 38.5 Å². The van der Waals surface area contributed by atoms with Gasteiger partial charge >= 0.3 is 0 Å². The molecule has 1 spiro atoms. The van der Waals surface area contributed by atoms with Crippen molar-refractivity contribution in [2.45, 2.75) is 57.8 Å². The van der Waals surface area contributed by atoms with Crippen LogP contribution in [0.2, 0.25) is 0 Å². The summed E-state index contributed by atoms with van der Waals surface area (Å²) in [5.41, 5.74) is 5.43. The Bertz CT molecular complexity index is 369. The van der Waals surface area contributed by atoms with E-state index >= 15 is 0 Å². The Morgan fingerprint density at radius 1 is 1.16 bits per heavy atom. The molecule has 1 saturated heterocycles. The van der Waals surface area contributed by atoms with Crippen molar-refractivity contribution in [3.63, 3.8) is 0 Å². The second-order valence-corrected chi connectivity index (χ2v) is 6.45. The summed E-state index contributed by atoms with van der Waals surface area (Å²) < 4.78 is 0. The molecule has 1 aliphatic heterocycles. The Morgan fingerprint density at radius 2 is 1.74 bits per heavy atom. The molecular formula is C14H22N2O2S. The molecule has 1 aliphatic carbocycles. The van der Waals surface area contributed by atoms with Gasteiger partial charge in [0.25, 0.3) is 0 Å². The predicted molar refractivity (Wildman–Crippen MR) is 77.5 cm³/mol. The van der Waals surface area contributed by atoms with Crippen molar-refractivity contribution in [1.82, 2.24) is 4.90 Å². The van der Waals surface area contributed by atoms with Gasteiger partial charge in [0.15, 0.2) is 0 Å². The van der Waals surface area contributed by atoms with Crippen molar-refractivity contribution in [3.05, 3.63) is 0 Å². The molecule has 2 amide bonds. The molecule has 106 valence electrons. The molecule has 2 rings (SSSR count). The smallest absolute Gasteiger partial charge is 0.229 e. The van der Waals surface area contributed by atoms with E-state index < -0.39 is 0 Å². The van der Waals surface area contributed by atoms with Crippen LogP contribution in [0.1, 0.15) is 57.8 Å². The molecule has 5 heteroatoms. The van der Waals surface area contributed by atoms with Gasteiger partial charge in [0.1, 0.15) is 0 Å². The van der Waals surface area contributed by atoms with Gasteiger partial charge in [0.05, 0.1) is 4.99 Å². The van der Waals surface area contributed by atoms with Crippen LogP contribution in [0, 0.1) is 5.41 Å². The van der Waals surface area contributed by atoms with Crippen LogP contribution in [0.3, 0.4) is 0 Å². The fraction of sp³-hybridized carbons (Fsp3) is 0.786. The monoisotopic (exact) mass is 282 g/mol. The number of imide groups is 1. The third-order valence-electron chi connectivity index (χ3n) is 4.37. The topological polar surface area (TPSA) is 63.4 Å². The lowest BCUT2D eigenvalue weighted by Crippen LogP contribution is -2.47. The third kappa shape index (κ3) is 3.53. The van der Waals surface area contributed by atoms with Gasteiger partial charge in [-0.25, -0.2) is 0 Å². The van der Waals surface area contributed by atoms with Gasteiger partial charge in [0.2, 0.25) is 11.8 Å². The zero-order chi connectivity index (χ0) is 13.9. The molecule has 1 heterocycles. The summed E-state index contributed by atoms with van der Waals surface area (Å²) in [6, 6.07) is 0. The van der Waals surface area contributed by atoms with Crippen molar-refractivity contribution in [2.75, 3.05) is 6.54 Å². The summed E-state index contributed by atoms with van der Waals surface area (Å²) in [5.74, 6) is 0.0435. The van der Waals surface area contributed by atoms with Crippen LogP contribution in [0.4, 0.5) is 0 Å². The van der Waals surface area contributed by atoms with Gasteiger partial charge in [-0.3, -0.25) is 14.5 Å². The van der Waals surface area contributed by atoms with E-state index in [1.165, 1.54) is 4.90 Å². The molecule has 0 radical (unpaired) electrons. The van der Waals surface area contributed by atoms with Gasteiger partial charge in [-0.1, -0.05) is 25.1 Å². The molecule has 2 aliphatic rings. The Kier molecular flexibility index (Phi) is 4.55. The first-order valence-corrected chi connectivity index (χ1v) is 7.55. The highest BCUT2D eigenvalue weighted by molar-refractivity contribution is 7.80. The van der Waals surface area contributed by atoms with Gasteiger partial charge in [0, 0.05) is 19.4 Å². The van der Waals surface area contributed by atoms with Crippen molar-refractivity contribution in [1.29, 1.82) is 0 Å². The van der Waals surface area contributed by atoms with E-state index in [-0.39, 0.29) is 17.2 Å². The molecule has 2 N–H and O–H groups in total. The summed E-state index contributed by atoms with van der Waals surface area (Å²) >= 11 is 4.81. The highest BCUT2D eigenvalue weighted by atomic mass is 32.1. The summed E-state index contributed by atoms with van der Waals surface area (Å²) in [6.45, 7) is 0.524. The number of carbonyl (C=O) groups excluding carboxylic acids is 2. The lowest BCUT2D eigenvalue weighted by molar-refractivity contribution is -0.153. The first kappa shape index (κ1) is 14.4. The molecule has 4 nitrogen and oxygen atoms in total. The Hall–Kier alpha value is -0.970. The number of hydrogen-bond donors (Lipinski definition) is 1. The van der Waals surface area contributed by atoms with E-state index in [0.29, 0.717) is 30.8 Å². The molecular weight excluding hydrogens is 260 g/mol. The molecule has 0 aromatic carbocycles. The predicted octanol–water partition coefficient (Wildman–Crippen LogP) is 2.15. The minimum atomic E-state index is 0.00346. The molecule has 0 aromatic rings. The normalized spacial score (nSPS) is 22.2. The van der Waals surface area contributed by atoms with Crippen molar-refractivity contribution in [3.8, 4) is 0 Å². The maximum atomic E-state index is 12.1.